The Hall–Kier alpha value is -2.66. The highest BCUT2D eigenvalue weighted by molar-refractivity contribution is 6.31. The lowest BCUT2D eigenvalue weighted by Crippen LogP contribution is -2.24. The van der Waals surface area contributed by atoms with Crippen molar-refractivity contribution in [3.05, 3.63) is 58.2 Å². The third kappa shape index (κ3) is 3.78. The summed E-state index contributed by atoms with van der Waals surface area (Å²) in [6.07, 6.45) is 0.291. The number of hydrogen-bond donors (Lipinski definition) is 2. The number of H-pyrrole nitrogens is 1. The second-order valence-corrected chi connectivity index (χ2v) is 6.50. The van der Waals surface area contributed by atoms with Crippen LogP contribution in [-0.2, 0) is 17.8 Å². The van der Waals surface area contributed by atoms with E-state index in [2.05, 4.69) is 10.3 Å². The van der Waals surface area contributed by atoms with Crippen molar-refractivity contribution < 1.29 is 14.3 Å². The fourth-order valence-corrected chi connectivity index (χ4v) is 3.17. The number of halogens is 1. The van der Waals surface area contributed by atoms with E-state index in [1.165, 1.54) is 0 Å². The van der Waals surface area contributed by atoms with E-state index < -0.39 is 0 Å². The van der Waals surface area contributed by atoms with Crippen LogP contribution in [0.3, 0.4) is 0 Å². The van der Waals surface area contributed by atoms with Crippen molar-refractivity contribution in [2.75, 3.05) is 14.2 Å². The summed E-state index contributed by atoms with van der Waals surface area (Å²) >= 11 is 6.09. The van der Waals surface area contributed by atoms with E-state index in [0.29, 0.717) is 29.5 Å². The van der Waals surface area contributed by atoms with Crippen molar-refractivity contribution >= 4 is 28.4 Å². The first kappa shape index (κ1) is 18.1. The van der Waals surface area contributed by atoms with Gasteiger partial charge in [0.2, 0.25) is 5.91 Å². The number of benzene rings is 2. The zero-order chi connectivity index (χ0) is 18.7. The highest BCUT2D eigenvalue weighted by Crippen LogP contribution is 2.28. The Morgan fingerprint density at radius 2 is 1.88 bits per heavy atom. The molecule has 26 heavy (non-hydrogen) atoms. The van der Waals surface area contributed by atoms with Gasteiger partial charge in [-0.15, -0.1) is 0 Å². The molecule has 136 valence electrons. The summed E-state index contributed by atoms with van der Waals surface area (Å²) in [6.45, 7) is 2.38. The number of ether oxygens (including phenoxy) is 2. The number of rotatable bonds is 6. The average molecular weight is 373 g/mol. The van der Waals surface area contributed by atoms with Crippen molar-refractivity contribution in [2.24, 2.45) is 0 Å². The molecule has 0 aliphatic rings. The van der Waals surface area contributed by atoms with Crippen LogP contribution in [0.15, 0.2) is 36.4 Å². The molecule has 2 aromatic carbocycles. The molecule has 0 unspecified atom stereocenters. The fraction of sp³-hybridized carbons (Fsp3) is 0.250. The van der Waals surface area contributed by atoms with Crippen LogP contribution in [-0.4, -0.2) is 25.1 Å². The molecule has 0 bridgehead atoms. The monoisotopic (exact) mass is 372 g/mol. The quantitative estimate of drug-likeness (QED) is 0.687. The van der Waals surface area contributed by atoms with Crippen LogP contribution in [0.25, 0.3) is 10.9 Å². The highest BCUT2D eigenvalue weighted by Gasteiger charge is 2.13. The smallest absolute Gasteiger partial charge is 0.224 e. The molecule has 0 fully saturated rings. The molecule has 1 heterocycles. The van der Waals surface area contributed by atoms with E-state index in [4.69, 9.17) is 21.1 Å². The number of aromatic amines is 1. The fourth-order valence-electron chi connectivity index (χ4n) is 3.00. The molecule has 5 nitrogen and oxygen atoms in total. The first-order chi connectivity index (χ1) is 12.5. The largest absolute Gasteiger partial charge is 0.493 e. The van der Waals surface area contributed by atoms with E-state index in [1.54, 1.807) is 14.2 Å². The number of nitrogens with one attached hydrogen (secondary N) is 2. The highest BCUT2D eigenvalue weighted by atomic mass is 35.5. The lowest BCUT2D eigenvalue weighted by Gasteiger charge is -2.10. The molecule has 6 heteroatoms. The SMILES string of the molecule is COc1ccc(CNC(=O)Cc2c(C)[nH]c3ccc(Cl)cc23)cc1OC. The second-order valence-electron chi connectivity index (χ2n) is 6.06. The van der Waals surface area contributed by atoms with Gasteiger partial charge < -0.3 is 19.8 Å². The maximum Gasteiger partial charge on any atom is 0.224 e. The van der Waals surface area contributed by atoms with Gasteiger partial charge >= 0.3 is 0 Å². The number of fused-ring (bicyclic) bond motifs is 1. The molecule has 2 N–H and O–H groups in total. The van der Waals surface area contributed by atoms with Gasteiger partial charge in [0.15, 0.2) is 11.5 Å². The summed E-state index contributed by atoms with van der Waals surface area (Å²) in [6, 6.07) is 11.2. The van der Waals surface area contributed by atoms with Gasteiger partial charge in [0.1, 0.15) is 0 Å². The number of methoxy groups -OCH3 is 2. The third-order valence-corrected chi connectivity index (χ3v) is 4.59. The lowest BCUT2D eigenvalue weighted by atomic mass is 10.1. The first-order valence-corrected chi connectivity index (χ1v) is 8.64. The van der Waals surface area contributed by atoms with Crippen molar-refractivity contribution in [3.8, 4) is 11.5 Å². The van der Waals surface area contributed by atoms with Crippen LogP contribution in [0.2, 0.25) is 5.02 Å². The first-order valence-electron chi connectivity index (χ1n) is 8.26. The van der Waals surface area contributed by atoms with Crippen molar-refractivity contribution in [2.45, 2.75) is 19.9 Å². The van der Waals surface area contributed by atoms with Gasteiger partial charge in [-0.05, 0) is 48.4 Å². The summed E-state index contributed by atoms with van der Waals surface area (Å²) in [4.78, 5) is 15.7. The third-order valence-electron chi connectivity index (χ3n) is 4.36. The van der Waals surface area contributed by atoms with Crippen LogP contribution in [0.4, 0.5) is 0 Å². The molecular weight excluding hydrogens is 352 g/mol. The summed E-state index contributed by atoms with van der Waals surface area (Å²) < 4.78 is 10.5. The number of aryl methyl sites for hydroxylation is 1. The Morgan fingerprint density at radius 3 is 2.62 bits per heavy atom. The maximum atomic E-state index is 12.4. The van der Waals surface area contributed by atoms with E-state index in [1.807, 2.05) is 43.3 Å². The number of hydrogen-bond acceptors (Lipinski definition) is 3. The van der Waals surface area contributed by atoms with E-state index >= 15 is 0 Å². The zero-order valence-corrected chi connectivity index (χ0v) is 15.7. The van der Waals surface area contributed by atoms with E-state index in [-0.39, 0.29) is 5.91 Å². The Kier molecular flexibility index (Phi) is 5.38. The Labute approximate surface area is 157 Å². The van der Waals surface area contributed by atoms with Crippen LogP contribution in [0, 0.1) is 6.92 Å². The molecule has 1 amide bonds. The van der Waals surface area contributed by atoms with Gasteiger partial charge in [-0.25, -0.2) is 0 Å². The summed E-state index contributed by atoms with van der Waals surface area (Å²) in [5.41, 5.74) is 3.86. The Balaban J connectivity index is 1.70. The minimum absolute atomic E-state index is 0.0521. The molecule has 0 aliphatic heterocycles. The molecule has 0 saturated carbocycles. The summed E-state index contributed by atoms with van der Waals surface area (Å²) in [5.74, 6) is 1.25. The van der Waals surface area contributed by atoms with Crippen molar-refractivity contribution in [3.63, 3.8) is 0 Å². The molecule has 1 aromatic heterocycles. The lowest BCUT2D eigenvalue weighted by molar-refractivity contribution is -0.120. The van der Waals surface area contributed by atoms with E-state index in [0.717, 1.165) is 27.7 Å². The topological polar surface area (TPSA) is 63.3 Å². The van der Waals surface area contributed by atoms with Gasteiger partial charge in [0.25, 0.3) is 0 Å². The minimum Gasteiger partial charge on any atom is -0.493 e. The van der Waals surface area contributed by atoms with Crippen LogP contribution < -0.4 is 14.8 Å². The Bertz CT molecular complexity index is 950. The van der Waals surface area contributed by atoms with Crippen LogP contribution in [0.5, 0.6) is 11.5 Å². The number of amides is 1. The number of carbonyl (C=O) groups excluding carboxylic acids is 1. The second kappa shape index (κ2) is 7.70. The van der Waals surface area contributed by atoms with Gasteiger partial charge in [-0.1, -0.05) is 17.7 Å². The molecule has 0 atom stereocenters. The predicted octanol–water partition coefficient (Wildman–Crippen LogP) is 4.01. The number of aromatic nitrogens is 1. The normalized spacial score (nSPS) is 10.8. The molecular formula is C20H21ClN2O3. The van der Waals surface area contributed by atoms with Crippen LogP contribution >= 0.6 is 11.6 Å². The number of carbonyl (C=O) groups is 1. The van der Waals surface area contributed by atoms with Gasteiger partial charge in [0, 0.05) is 28.2 Å². The predicted molar refractivity (Wildman–Crippen MR) is 103 cm³/mol. The minimum atomic E-state index is -0.0521. The van der Waals surface area contributed by atoms with Gasteiger partial charge in [0.05, 0.1) is 20.6 Å². The van der Waals surface area contributed by atoms with E-state index in [9.17, 15) is 4.79 Å². The average Bonchev–Trinajstić information content (AvgIpc) is 2.94. The summed E-state index contributed by atoms with van der Waals surface area (Å²) in [7, 11) is 3.18. The van der Waals surface area contributed by atoms with Gasteiger partial charge in [-0.3, -0.25) is 4.79 Å². The molecule has 0 saturated heterocycles. The molecule has 0 radical (unpaired) electrons. The van der Waals surface area contributed by atoms with Crippen LogP contribution in [0.1, 0.15) is 16.8 Å². The zero-order valence-electron chi connectivity index (χ0n) is 15.0. The standard InChI is InChI=1S/C20H21ClN2O3/c1-12-15(16-9-14(21)5-6-17(16)23-12)10-20(24)22-11-13-4-7-18(25-2)19(8-13)26-3/h4-9,23H,10-11H2,1-3H3,(H,22,24). The molecule has 0 aliphatic carbocycles. The summed E-state index contributed by atoms with van der Waals surface area (Å²) in [5, 5.41) is 4.59. The molecule has 0 spiro atoms. The molecule has 3 aromatic rings. The Morgan fingerprint density at radius 1 is 1.12 bits per heavy atom. The van der Waals surface area contributed by atoms with Gasteiger partial charge in [-0.2, -0.15) is 0 Å². The maximum absolute atomic E-state index is 12.4. The van der Waals surface area contributed by atoms with Crippen molar-refractivity contribution in [1.29, 1.82) is 0 Å². The van der Waals surface area contributed by atoms with Crippen molar-refractivity contribution in [1.82, 2.24) is 10.3 Å². The molecule has 3 rings (SSSR count).